The largest absolute Gasteiger partial charge is 0.468 e. The number of carbonyl (C=O) groups is 2. The Bertz CT molecular complexity index is 423. The van der Waals surface area contributed by atoms with Gasteiger partial charge in [0.1, 0.15) is 12.2 Å². The van der Waals surface area contributed by atoms with E-state index in [1.807, 2.05) is 0 Å². The van der Waals surface area contributed by atoms with Crippen molar-refractivity contribution in [3.63, 3.8) is 0 Å². The van der Waals surface area contributed by atoms with Gasteiger partial charge in [-0.3, -0.25) is 9.59 Å². The van der Waals surface area contributed by atoms with Crippen molar-refractivity contribution in [3.8, 4) is 0 Å². The van der Waals surface area contributed by atoms with Gasteiger partial charge in [0.05, 0.1) is 7.11 Å². The molecule has 1 aromatic heterocycles. The van der Waals surface area contributed by atoms with E-state index in [1.165, 1.54) is 18.2 Å². The summed E-state index contributed by atoms with van der Waals surface area (Å²) in [6.07, 6.45) is 1.53. The van der Waals surface area contributed by atoms with Crippen LogP contribution in [0.4, 0.5) is 0 Å². The number of carbonyl (C=O) groups excluding carboxylic acids is 2. The van der Waals surface area contributed by atoms with Crippen LogP contribution in [0.1, 0.15) is 17.4 Å². The molecule has 1 heterocycles. The average Bonchev–Trinajstić information content (AvgIpc) is 2.35. The topological polar surface area (TPSA) is 59.5 Å². The number of halogens is 1. The first-order valence-electron chi connectivity index (χ1n) is 5.06. The highest BCUT2D eigenvalue weighted by Gasteiger charge is 2.20. The standard InChI is InChI=1S/C11H13BrN2O3/c1-3-14(7-9(15)17-2)11(16)10-8(12)5-4-6-13-10/h4-6H,3,7H2,1-2H3. The number of hydrogen-bond acceptors (Lipinski definition) is 4. The van der Waals surface area contributed by atoms with Crippen molar-refractivity contribution >= 4 is 27.8 Å². The molecular weight excluding hydrogens is 288 g/mol. The van der Waals surface area contributed by atoms with Gasteiger partial charge in [0, 0.05) is 17.2 Å². The highest BCUT2D eigenvalue weighted by atomic mass is 79.9. The number of pyridine rings is 1. The van der Waals surface area contributed by atoms with E-state index in [9.17, 15) is 9.59 Å². The monoisotopic (exact) mass is 300 g/mol. The number of nitrogens with zero attached hydrogens (tertiary/aromatic N) is 2. The highest BCUT2D eigenvalue weighted by Crippen LogP contribution is 2.15. The summed E-state index contributed by atoms with van der Waals surface area (Å²) >= 11 is 3.25. The molecule has 5 nitrogen and oxygen atoms in total. The second kappa shape index (κ2) is 6.34. The molecule has 0 N–H and O–H groups in total. The van der Waals surface area contributed by atoms with Crippen LogP contribution >= 0.6 is 15.9 Å². The molecule has 1 rings (SSSR count). The lowest BCUT2D eigenvalue weighted by atomic mass is 10.3. The fourth-order valence-corrected chi connectivity index (χ4v) is 1.67. The molecule has 17 heavy (non-hydrogen) atoms. The number of rotatable bonds is 4. The lowest BCUT2D eigenvalue weighted by molar-refractivity contribution is -0.141. The van der Waals surface area contributed by atoms with Gasteiger partial charge in [-0.2, -0.15) is 0 Å². The van der Waals surface area contributed by atoms with E-state index >= 15 is 0 Å². The summed E-state index contributed by atoms with van der Waals surface area (Å²) in [4.78, 5) is 28.6. The molecule has 0 aliphatic carbocycles. The van der Waals surface area contributed by atoms with E-state index < -0.39 is 5.97 Å². The predicted molar refractivity (Wildman–Crippen MR) is 65.5 cm³/mol. The SMILES string of the molecule is CCN(CC(=O)OC)C(=O)c1ncccc1Br. The zero-order valence-corrected chi connectivity index (χ0v) is 11.2. The fourth-order valence-electron chi connectivity index (χ4n) is 1.24. The van der Waals surface area contributed by atoms with Gasteiger partial charge in [-0.1, -0.05) is 0 Å². The van der Waals surface area contributed by atoms with Crippen molar-refractivity contribution in [2.45, 2.75) is 6.92 Å². The van der Waals surface area contributed by atoms with Crippen LogP contribution in [-0.4, -0.2) is 42.0 Å². The molecule has 1 amide bonds. The van der Waals surface area contributed by atoms with Gasteiger partial charge in [-0.15, -0.1) is 0 Å². The number of hydrogen-bond donors (Lipinski definition) is 0. The maximum atomic E-state index is 12.1. The number of amides is 1. The molecule has 0 aliphatic heterocycles. The molecule has 6 heteroatoms. The molecule has 0 bridgehead atoms. The Kier molecular flexibility index (Phi) is 5.09. The summed E-state index contributed by atoms with van der Waals surface area (Å²) in [6.45, 7) is 2.13. The Hall–Kier alpha value is -1.43. The summed E-state index contributed by atoms with van der Waals surface area (Å²) < 4.78 is 5.14. The van der Waals surface area contributed by atoms with E-state index in [4.69, 9.17) is 0 Å². The third-order valence-corrected chi connectivity index (χ3v) is 2.82. The van der Waals surface area contributed by atoms with Crippen LogP contribution in [0.2, 0.25) is 0 Å². The number of aromatic nitrogens is 1. The van der Waals surface area contributed by atoms with Gasteiger partial charge in [-0.05, 0) is 35.0 Å². The van der Waals surface area contributed by atoms with Crippen LogP contribution in [0.15, 0.2) is 22.8 Å². The van der Waals surface area contributed by atoms with Crippen LogP contribution < -0.4 is 0 Å². The van der Waals surface area contributed by atoms with Crippen molar-refractivity contribution in [2.75, 3.05) is 20.2 Å². The highest BCUT2D eigenvalue weighted by molar-refractivity contribution is 9.10. The average molecular weight is 301 g/mol. The van der Waals surface area contributed by atoms with Gasteiger partial charge in [0.15, 0.2) is 0 Å². The van der Waals surface area contributed by atoms with Crippen molar-refractivity contribution in [3.05, 3.63) is 28.5 Å². The van der Waals surface area contributed by atoms with Crippen molar-refractivity contribution in [1.29, 1.82) is 0 Å². The summed E-state index contributed by atoms with van der Waals surface area (Å²) in [7, 11) is 1.29. The van der Waals surface area contributed by atoms with Crippen molar-refractivity contribution in [2.24, 2.45) is 0 Å². The maximum absolute atomic E-state index is 12.1. The van der Waals surface area contributed by atoms with Crippen LogP contribution in [0.25, 0.3) is 0 Å². The first-order valence-corrected chi connectivity index (χ1v) is 5.86. The third kappa shape index (κ3) is 3.52. The second-order valence-electron chi connectivity index (χ2n) is 3.23. The summed E-state index contributed by atoms with van der Waals surface area (Å²) in [5.41, 5.74) is 0.290. The van der Waals surface area contributed by atoms with E-state index in [1.54, 1.807) is 19.1 Å². The Labute approximate surface area is 108 Å². The van der Waals surface area contributed by atoms with E-state index in [0.717, 1.165) is 0 Å². The number of methoxy groups -OCH3 is 1. The van der Waals surface area contributed by atoms with Crippen LogP contribution in [-0.2, 0) is 9.53 Å². The summed E-state index contributed by atoms with van der Waals surface area (Å²) in [5, 5.41) is 0. The molecule has 0 aromatic carbocycles. The van der Waals surface area contributed by atoms with Crippen molar-refractivity contribution in [1.82, 2.24) is 9.88 Å². The molecule has 0 unspecified atom stereocenters. The van der Waals surface area contributed by atoms with Gasteiger partial charge >= 0.3 is 5.97 Å². The molecule has 0 radical (unpaired) electrons. The summed E-state index contributed by atoms with van der Waals surface area (Å²) in [6, 6.07) is 3.45. The lowest BCUT2D eigenvalue weighted by Gasteiger charge is -2.19. The number of likely N-dealkylation sites (N-methyl/N-ethyl adjacent to an activating group) is 1. The van der Waals surface area contributed by atoms with E-state index in [-0.39, 0.29) is 12.5 Å². The minimum Gasteiger partial charge on any atom is -0.468 e. The Morgan fingerprint density at radius 1 is 1.53 bits per heavy atom. The molecule has 0 saturated carbocycles. The molecule has 0 saturated heterocycles. The quantitative estimate of drug-likeness (QED) is 0.790. The van der Waals surface area contributed by atoms with Crippen LogP contribution in [0, 0.1) is 0 Å². The smallest absolute Gasteiger partial charge is 0.325 e. The van der Waals surface area contributed by atoms with Gasteiger partial charge in [0.25, 0.3) is 5.91 Å². The molecule has 1 aromatic rings. The molecule has 92 valence electrons. The van der Waals surface area contributed by atoms with E-state index in [0.29, 0.717) is 16.7 Å². The zero-order chi connectivity index (χ0) is 12.8. The van der Waals surface area contributed by atoms with Crippen LogP contribution in [0.3, 0.4) is 0 Å². The fraction of sp³-hybridized carbons (Fsp3) is 0.364. The Balaban J connectivity index is 2.87. The normalized spacial score (nSPS) is 9.82. The predicted octanol–water partition coefficient (Wildman–Crippen LogP) is 1.48. The maximum Gasteiger partial charge on any atom is 0.325 e. The molecule has 0 atom stereocenters. The summed E-state index contributed by atoms with van der Waals surface area (Å²) in [5.74, 6) is -0.752. The third-order valence-electron chi connectivity index (χ3n) is 2.18. The Morgan fingerprint density at radius 3 is 2.76 bits per heavy atom. The van der Waals surface area contributed by atoms with Gasteiger partial charge in [-0.25, -0.2) is 4.98 Å². The van der Waals surface area contributed by atoms with Crippen molar-refractivity contribution < 1.29 is 14.3 Å². The van der Waals surface area contributed by atoms with Gasteiger partial charge in [0.2, 0.25) is 0 Å². The molecule has 0 fully saturated rings. The Morgan fingerprint density at radius 2 is 2.24 bits per heavy atom. The zero-order valence-electron chi connectivity index (χ0n) is 9.64. The minimum atomic E-state index is -0.452. The first-order chi connectivity index (χ1) is 8.10. The molecular formula is C11H13BrN2O3. The molecule has 0 spiro atoms. The molecule has 0 aliphatic rings. The van der Waals surface area contributed by atoms with Crippen LogP contribution in [0.5, 0.6) is 0 Å². The second-order valence-corrected chi connectivity index (χ2v) is 4.08. The first kappa shape index (κ1) is 13.6. The number of ether oxygens (including phenoxy) is 1. The lowest BCUT2D eigenvalue weighted by Crippen LogP contribution is -2.36. The number of esters is 1. The minimum absolute atomic E-state index is 0.0746. The van der Waals surface area contributed by atoms with Gasteiger partial charge < -0.3 is 9.64 Å². The van der Waals surface area contributed by atoms with E-state index in [2.05, 4.69) is 25.7 Å².